The molecule has 1 fully saturated rings. The van der Waals surface area contributed by atoms with Crippen molar-refractivity contribution in [2.24, 2.45) is 0 Å². The Kier molecular flexibility index (Phi) is 6.27. The third-order valence-corrected chi connectivity index (χ3v) is 6.61. The fourth-order valence-corrected chi connectivity index (χ4v) is 4.57. The maximum atomic E-state index is 12.3. The molecule has 4 rings (SSSR count). The Labute approximate surface area is 176 Å². The normalized spacial score (nSPS) is 14.8. The van der Waals surface area contributed by atoms with E-state index in [0.717, 1.165) is 39.9 Å². The molecule has 1 aliphatic rings. The van der Waals surface area contributed by atoms with E-state index in [2.05, 4.69) is 36.4 Å². The molecule has 9 heteroatoms. The summed E-state index contributed by atoms with van der Waals surface area (Å²) in [6, 6.07) is 5.53. The molecular formula is C20H19N5O2S2. The van der Waals surface area contributed by atoms with Crippen LogP contribution in [0.15, 0.2) is 46.5 Å². The van der Waals surface area contributed by atoms with E-state index in [4.69, 9.17) is 4.74 Å². The molecule has 1 aliphatic heterocycles. The summed E-state index contributed by atoms with van der Waals surface area (Å²) in [4.78, 5) is 15.1. The first-order valence-electron chi connectivity index (χ1n) is 9.04. The van der Waals surface area contributed by atoms with E-state index in [1.165, 1.54) is 11.3 Å². The van der Waals surface area contributed by atoms with Gasteiger partial charge in [0.1, 0.15) is 29.2 Å². The van der Waals surface area contributed by atoms with Crippen molar-refractivity contribution in [2.75, 3.05) is 35.9 Å². The van der Waals surface area contributed by atoms with Crippen LogP contribution in [0.5, 0.6) is 0 Å². The molecule has 3 aromatic heterocycles. The Morgan fingerprint density at radius 3 is 2.90 bits per heavy atom. The van der Waals surface area contributed by atoms with Crippen LogP contribution in [0.3, 0.4) is 0 Å². The fourth-order valence-electron chi connectivity index (χ4n) is 2.85. The topological polar surface area (TPSA) is 86.2 Å². The number of nitrogens with zero attached hydrogens (tertiary/aromatic N) is 4. The number of hydrogen-bond donors (Lipinski definition) is 1. The molecule has 0 saturated carbocycles. The molecule has 148 valence electrons. The number of pyridine rings is 1. The molecular weight excluding hydrogens is 406 g/mol. The first-order valence-corrected chi connectivity index (χ1v) is 11.1. The average molecular weight is 426 g/mol. The summed E-state index contributed by atoms with van der Waals surface area (Å²) in [7, 11) is 0. The van der Waals surface area contributed by atoms with Crippen LogP contribution < -0.4 is 9.62 Å². The summed E-state index contributed by atoms with van der Waals surface area (Å²) in [5, 5.41) is 1.89. The second-order valence-corrected chi connectivity index (χ2v) is 8.66. The van der Waals surface area contributed by atoms with Crippen molar-refractivity contribution >= 4 is 34.2 Å². The van der Waals surface area contributed by atoms with Crippen molar-refractivity contribution in [1.29, 1.82) is 0 Å². The molecule has 1 saturated heterocycles. The number of hydrogen-bond acceptors (Lipinski definition) is 8. The number of aryl methyl sites for hydroxylation is 1. The van der Waals surface area contributed by atoms with Crippen LogP contribution in [0, 0.1) is 18.8 Å². The van der Waals surface area contributed by atoms with E-state index in [1.807, 2.05) is 30.5 Å². The highest BCUT2D eigenvalue weighted by Gasteiger charge is 2.17. The zero-order valence-electron chi connectivity index (χ0n) is 15.8. The van der Waals surface area contributed by atoms with Gasteiger partial charge >= 0.3 is 0 Å². The van der Waals surface area contributed by atoms with Gasteiger partial charge in [-0.3, -0.25) is 4.98 Å². The number of ether oxygens (including phenoxy) is 1. The molecule has 1 unspecified atom stereocenters. The van der Waals surface area contributed by atoms with Gasteiger partial charge in [-0.15, -0.1) is 0 Å². The predicted octanol–water partition coefficient (Wildman–Crippen LogP) is 2.61. The molecule has 3 aromatic rings. The minimum absolute atomic E-state index is 0.651. The van der Waals surface area contributed by atoms with Gasteiger partial charge in [-0.2, -0.15) is 0 Å². The van der Waals surface area contributed by atoms with Gasteiger partial charge in [0.05, 0.1) is 30.7 Å². The molecule has 29 heavy (non-hydrogen) atoms. The lowest BCUT2D eigenvalue weighted by atomic mass is 10.2. The summed E-state index contributed by atoms with van der Waals surface area (Å²) in [5.41, 5.74) is 3.00. The van der Waals surface area contributed by atoms with Crippen molar-refractivity contribution in [3.05, 3.63) is 59.1 Å². The van der Waals surface area contributed by atoms with Gasteiger partial charge in [0.25, 0.3) is 0 Å². The van der Waals surface area contributed by atoms with Gasteiger partial charge in [-0.05, 0) is 24.4 Å². The van der Waals surface area contributed by atoms with Crippen molar-refractivity contribution in [1.82, 2.24) is 15.0 Å². The standard InChI is InChI=1S/C20H19N5O2S2/c1-15-18(20(23-14-22-15)25-6-8-27-9-7-25)5-4-16-11-17(13-21-12-16)24-29(26)19-3-2-10-28-19/h2-3,10-14,24H,6-9H2,1H3. The smallest absolute Gasteiger partial charge is 0.233 e. The van der Waals surface area contributed by atoms with Crippen LogP contribution >= 0.6 is 11.3 Å². The fraction of sp³-hybridized carbons (Fsp3) is 0.250. The van der Waals surface area contributed by atoms with Gasteiger partial charge < -0.3 is 14.2 Å². The molecule has 0 aliphatic carbocycles. The quantitative estimate of drug-likeness (QED) is 0.508. The van der Waals surface area contributed by atoms with Gasteiger partial charge in [0.15, 0.2) is 0 Å². The van der Waals surface area contributed by atoms with Crippen LogP contribution in [0.2, 0.25) is 0 Å². The number of thiophene rings is 1. The number of rotatable bonds is 4. The van der Waals surface area contributed by atoms with Crippen molar-refractivity contribution in [2.45, 2.75) is 11.1 Å². The second-order valence-electron chi connectivity index (χ2n) is 6.27. The van der Waals surface area contributed by atoms with Gasteiger partial charge in [0.2, 0.25) is 4.21 Å². The molecule has 0 amide bonds. The summed E-state index contributed by atoms with van der Waals surface area (Å²) in [6.07, 6.45) is 4.88. The van der Waals surface area contributed by atoms with Crippen LogP contribution in [0.25, 0.3) is 0 Å². The Balaban J connectivity index is 1.56. The van der Waals surface area contributed by atoms with E-state index in [1.54, 1.807) is 18.7 Å². The van der Waals surface area contributed by atoms with Gasteiger partial charge in [-0.25, -0.2) is 14.7 Å². The summed E-state index contributed by atoms with van der Waals surface area (Å²) in [6.45, 7) is 4.83. The second kappa shape index (κ2) is 9.24. The first-order chi connectivity index (χ1) is 14.2. The number of aromatic nitrogens is 3. The molecule has 4 heterocycles. The number of morpholine rings is 1. The molecule has 0 bridgehead atoms. The molecule has 1 N–H and O–H groups in total. The van der Waals surface area contributed by atoms with E-state index >= 15 is 0 Å². The van der Waals surface area contributed by atoms with Gasteiger partial charge in [-0.1, -0.05) is 23.2 Å². The van der Waals surface area contributed by atoms with Crippen LogP contribution in [0.4, 0.5) is 11.5 Å². The summed E-state index contributed by atoms with van der Waals surface area (Å²) < 4.78 is 21.5. The van der Waals surface area contributed by atoms with Gasteiger partial charge in [0, 0.05) is 30.9 Å². The molecule has 0 radical (unpaired) electrons. The van der Waals surface area contributed by atoms with E-state index in [0.29, 0.717) is 18.9 Å². The maximum Gasteiger partial charge on any atom is 0.233 e. The predicted molar refractivity (Wildman–Crippen MR) is 114 cm³/mol. The monoisotopic (exact) mass is 425 g/mol. The summed E-state index contributed by atoms with van der Waals surface area (Å²) >= 11 is 0.120. The Morgan fingerprint density at radius 1 is 1.24 bits per heavy atom. The number of anilines is 2. The average Bonchev–Trinajstić information content (AvgIpc) is 3.29. The Hall–Kier alpha value is -2.64. The molecule has 0 aromatic carbocycles. The van der Waals surface area contributed by atoms with E-state index in [9.17, 15) is 4.55 Å². The lowest BCUT2D eigenvalue weighted by Crippen LogP contribution is -2.37. The van der Waals surface area contributed by atoms with Crippen LogP contribution in [-0.2, 0) is 16.1 Å². The largest absolute Gasteiger partial charge is 0.587 e. The highest BCUT2D eigenvalue weighted by Crippen LogP contribution is 2.21. The molecule has 7 nitrogen and oxygen atoms in total. The minimum Gasteiger partial charge on any atom is -0.587 e. The zero-order valence-corrected chi connectivity index (χ0v) is 17.4. The van der Waals surface area contributed by atoms with Crippen molar-refractivity contribution in [3.63, 3.8) is 0 Å². The first kappa shape index (κ1) is 19.7. The van der Waals surface area contributed by atoms with Crippen molar-refractivity contribution in [3.8, 4) is 11.8 Å². The Bertz CT molecular complexity index is 1030. The maximum absolute atomic E-state index is 12.3. The lowest BCUT2D eigenvalue weighted by molar-refractivity contribution is 0.122. The SMILES string of the molecule is Cc1ncnc(N2CCOCC2)c1C#Cc1cncc(N[S+]([O-])c2cccs2)c1. The third-order valence-electron chi connectivity index (χ3n) is 4.29. The lowest BCUT2D eigenvalue weighted by Gasteiger charge is -2.28. The summed E-state index contributed by atoms with van der Waals surface area (Å²) in [5.74, 6) is 7.18. The zero-order chi connectivity index (χ0) is 20.1. The van der Waals surface area contributed by atoms with Crippen molar-refractivity contribution < 1.29 is 9.29 Å². The highest BCUT2D eigenvalue weighted by atomic mass is 32.2. The van der Waals surface area contributed by atoms with E-state index in [-0.39, 0.29) is 0 Å². The van der Waals surface area contributed by atoms with E-state index < -0.39 is 11.4 Å². The Morgan fingerprint density at radius 2 is 2.10 bits per heavy atom. The highest BCUT2D eigenvalue weighted by molar-refractivity contribution is 7.94. The molecule has 1 atom stereocenters. The minimum atomic E-state index is -1.32. The van der Waals surface area contributed by atoms with Crippen LogP contribution in [0.1, 0.15) is 16.8 Å². The van der Waals surface area contributed by atoms with Crippen LogP contribution in [-0.4, -0.2) is 45.8 Å². The molecule has 0 spiro atoms. The number of nitrogens with one attached hydrogen (secondary N) is 1. The third kappa shape index (κ3) is 4.86.